The molecule has 0 bridgehead atoms. The summed E-state index contributed by atoms with van der Waals surface area (Å²) in [6, 6.07) is 3.20. The highest BCUT2D eigenvalue weighted by Gasteiger charge is 2.27. The molecule has 1 fully saturated rings. The van der Waals surface area contributed by atoms with Crippen LogP contribution in [0.2, 0.25) is 5.15 Å². The van der Waals surface area contributed by atoms with E-state index >= 15 is 0 Å². The molecule has 1 aliphatic rings. The van der Waals surface area contributed by atoms with Crippen LogP contribution in [0.25, 0.3) is 0 Å². The van der Waals surface area contributed by atoms with E-state index in [4.69, 9.17) is 11.6 Å². The highest BCUT2D eigenvalue weighted by molar-refractivity contribution is 6.29. The molecule has 17 heavy (non-hydrogen) atoms. The van der Waals surface area contributed by atoms with Gasteiger partial charge < -0.3 is 0 Å². The number of likely N-dealkylation sites (tertiary alicyclic amines) is 1. The molecule has 0 aromatic carbocycles. The fourth-order valence-electron chi connectivity index (χ4n) is 1.87. The van der Waals surface area contributed by atoms with Gasteiger partial charge in [-0.25, -0.2) is 4.98 Å². The van der Waals surface area contributed by atoms with Gasteiger partial charge in [0, 0.05) is 24.2 Å². The number of carbonyl (C=O) groups excluding carboxylic acids is 2. The van der Waals surface area contributed by atoms with E-state index in [-0.39, 0.29) is 11.8 Å². The molecule has 2 amide bonds. The van der Waals surface area contributed by atoms with Crippen LogP contribution in [0.5, 0.6) is 0 Å². The van der Waals surface area contributed by atoms with Crippen LogP contribution in [0.1, 0.15) is 35.8 Å². The van der Waals surface area contributed by atoms with E-state index < -0.39 is 0 Å². The van der Waals surface area contributed by atoms with Gasteiger partial charge in [-0.2, -0.15) is 0 Å². The Morgan fingerprint density at radius 2 is 2.29 bits per heavy atom. The predicted molar refractivity (Wildman–Crippen MR) is 63.9 cm³/mol. The molecular formula is C12H13ClN2O2. The van der Waals surface area contributed by atoms with Crippen LogP contribution in [-0.4, -0.2) is 28.2 Å². The minimum atomic E-state index is -0.272. The third-order valence-electron chi connectivity index (χ3n) is 2.77. The van der Waals surface area contributed by atoms with Gasteiger partial charge in [0.1, 0.15) is 5.15 Å². The second-order valence-corrected chi connectivity index (χ2v) is 4.36. The maximum Gasteiger partial charge on any atom is 0.260 e. The Labute approximate surface area is 105 Å². The average Bonchev–Trinajstić information content (AvgIpc) is 2.73. The smallest absolute Gasteiger partial charge is 0.260 e. The normalized spacial score (nSPS) is 15.4. The summed E-state index contributed by atoms with van der Waals surface area (Å²) in [7, 11) is 0. The van der Waals surface area contributed by atoms with Crippen molar-refractivity contribution in [2.75, 3.05) is 6.54 Å². The van der Waals surface area contributed by atoms with Crippen LogP contribution in [0.4, 0.5) is 0 Å². The highest BCUT2D eigenvalue weighted by atomic mass is 35.5. The van der Waals surface area contributed by atoms with Gasteiger partial charge in [0.15, 0.2) is 0 Å². The van der Waals surface area contributed by atoms with Crippen molar-refractivity contribution < 1.29 is 9.59 Å². The first-order valence-electron chi connectivity index (χ1n) is 5.63. The number of amides is 2. The molecule has 0 radical (unpaired) electrons. The van der Waals surface area contributed by atoms with Crippen LogP contribution >= 0.6 is 11.6 Å². The third kappa shape index (κ3) is 2.47. The summed E-state index contributed by atoms with van der Waals surface area (Å²) < 4.78 is 0. The summed E-state index contributed by atoms with van der Waals surface area (Å²) in [6.07, 6.45) is 1.89. The Balaban J connectivity index is 2.30. The quantitative estimate of drug-likeness (QED) is 0.598. The van der Waals surface area contributed by atoms with Crippen LogP contribution in [0, 0.1) is 0 Å². The topological polar surface area (TPSA) is 50.3 Å². The molecule has 0 N–H and O–H groups in total. The van der Waals surface area contributed by atoms with Crippen LogP contribution in [-0.2, 0) is 11.2 Å². The standard InChI is InChI=1S/C12H13ClN2O2/c1-2-9-6-8(7-10(13)14-9)12(17)15-5-3-4-11(15)16/h6-7H,2-5H2,1H3. The average molecular weight is 253 g/mol. The molecule has 2 heterocycles. The molecule has 0 saturated carbocycles. The third-order valence-corrected chi connectivity index (χ3v) is 2.97. The van der Waals surface area contributed by atoms with Crippen molar-refractivity contribution in [2.24, 2.45) is 0 Å². The largest absolute Gasteiger partial charge is 0.279 e. The van der Waals surface area contributed by atoms with Gasteiger partial charge in [0.2, 0.25) is 5.91 Å². The van der Waals surface area contributed by atoms with E-state index in [1.54, 1.807) is 6.07 Å². The number of hydrogen-bond donors (Lipinski definition) is 0. The molecule has 1 aliphatic heterocycles. The molecule has 0 atom stereocenters. The van der Waals surface area contributed by atoms with Crippen molar-refractivity contribution in [3.05, 3.63) is 28.5 Å². The second-order valence-electron chi connectivity index (χ2n) is 3.98. The zero-order valence-corrected chi connectivity index (χ0v) is 10.3. The minimum absolute atomic E-state index is 0.110. The highest BCUT2D eigenvalue weighted by Crippen LogP contribution is 2.17. The van der Waals surface area contributed by atoms with E-state index in [2.05, 4.69) is 4.98 Å². The molecule has 90 valence electrons. The minimum Gasteiger partial charge on any atom is -0.279 e. The fourth-order valence-corrected chi connectivity index (χ4v) is 2.10. The maximum absolute atomic E-state index is 12.1. The Kier molecular flexibility index (Phi) is 3.43. The van der Waals surface area contributed by atoms with Crippen molar-refractivity contribution in [2.45, 2.75) is 26.2 Å². The summed E-state index contributed by atoms with van der Waals surface area (Å²) in [5.74, 6) is -0.382. The Bertz CT molecular complexity index is 474. The molecule has 1 aromatic rings. The molecular weight excluding hydrogens is 240 g/mol. The molecule has 0 spiro atoms. The molecule has 2 rings (SSSR count). The van der Waals surface area contributed by atoms with E-state index in [9.17, 15) is 9.59 Å². The number of pyridine rings is 1. The predicted octanol–water partition coefficient (Wildman–Crippen LogP) is 2.06. The monoisotopic (exact) mass is 252 g/mol. The summed E-state index contributed by atoms with van der Waals surface area (Å²) in [5.41, 5.74) is 1.20. The number of imide groups is 1. The van der Waals surface area contributed by atoms with Crippen LogP contribution in [0.3, 0.4) is 0 Å². The molecule has 0 unspecified atom stereocenters. The lowest BCUT2D eigenvalue weighted by Crippen LogP contribution is -2.31. The summed E-state index contributed by atoms with van der Waals surface area (Å²) in [4.78, 5) is 29.0. The Morgan fingerprint density at radius 1 is 1.53 bits per heavy atom. The fraction of sp³-hybridized carbons (Fsp3) is 0.417. The molecule has 1 saturated heterocycles. The number of halogens is 1. The van der Waals surface area contributed by atoms with Crippen molar-refractivity contribution in [3.8, 4) is 0 Å². The number of rotatable bonds is 2. The van der Waals surface area contributed by atoms with E-state index in [1.165, 1.54) is 11.0 Å². The van der Waals surface area contributed by atoms with Crippen LogP contribution in [0.15, 0.2) is 12.1 Å². The van der Waals surface area contributed by atoms with E-state index in [0.717, 1.165) is 12.1 Å². The zero-order chi connectivity index (χ0) is 12.4. The lowest BCUT2D eigenvalue weighted by atomic mass is 10.2. The van der Waals surface area contributed by atoms with Gasteiger partial charge in [-0.05, 0) is 25.0 Å². The summed E-state index contributed by atoms with van der Waals surface area (Å²) >= 11 is 5.85. The molecule has 0 aliphatic carbocycles. The SMILES string of the molecule is CCc1cc(C(=O)N2CCCC2=O)cc(Cl)n1. The number of carbonyl (C=O) groups is 2. The van der Waals surface area contributed by atoms with Crippen molar-refractivity contribution in [3.63, 3.8) is 0 Å². The number of aromatic nitrogens is 1. The Hall–Kier alpha value is -1.42. The van der Waals surface area contributed by atoms with Gasteiger partial charge in [-0.3, -0.25) is 14.5 Å². The van der Waals surface area contributed by atoms with Gasteiger partial charge in [0.25, 0.3) is 5.91 Å². The van der Waals surface area contributed by atoms with Gasteiger partial charge in [-0.1, -0.05) is 18.5 Å². The first-order valence-corrected chi connectivity index (χ1v) is 6.00. The summed E-state index contributed by atoms with van der Waals surface area (Å²) in [5, 5.41) is 0.291. The maximum atomic E-state index is 12.1. The number of aryl methyl sites for hydroxylation is 1. The lowest BCUT2D eigenvalue weighted by molar-refractivity contribution is -0.125. The first kappa shape index (κ1) is 12.0. The van der Waals surface area contributed by atoms with Gasteiger partial charge in [-0.15, -0.1) is 0 Å². The number of nitrogens with zero attached hydrogens (tertiary/aromatic N) is 2. The second kappa shape index (κ2) is 4.84. The van der Waals surface area contributed by atoms with E-state index in [0.29, 0.717) is 30.1 Å². The van der Waals surface area contributed by atoms with Crippen molar-refractivity contribution in [1.82, 2.24) is 9.88 Å². The first-order chi connectivity index (χ1) is 8.11. The van der Waals surface area contributed by atoms with Crippen molar-refractivity contribution in [1.29, 1.82) is 0 Å². The molecule has 4 nitrogen and oxygen atoms in total. The number of hydrogen-bond acceptors (Lipinski definition) is 3. The van der Waals surface area contributed by atoms with E-state index in [1.807, 2.05) is 6.92 Å². The zero-order valence-electron chi connectivity index (χ0n) is 9.57. The van der Waals surface area contributed by atoms with Crippen LogP contribution < -0.4 is 0 Å². The summed E-state index contributed by atoms with van der Waals surface area (Å²) in [6.45, 7) is 2.44. The lowest BCUT2D eigenvalue weighted by Gasteiger charge is -2.14. The molecule has 5 heteroatoms. The Morgan fingerprint density at radius 3 is 2.88 bits per heavy atom. The van der Waals surface area contributed by atoms with Crippen molar-refractivity contribution >= 4 is 23.4 Å². The van der Waals surface area contributed by atoms with Gasteiger partial charge >= 0.3 is 0 Å². The molecule has 1 aromatic heterocycles. The van der Waals surface area contributed by atoms with Gasteiger partial charge in [0.05, 0.1) is 0 Å².